The number of amides is 1. The van der Waals surface area contributed by atoms with Gasteiger partial charge in [0.05, 0.1) is 16.3 Å². The zero-order valence-corrected chi connectivity index (χ0v) is 18.4. The third-order valence-electron chi connectivity index (χ3n) is 6.26. The van der Waals surface area contributed by atoms with Crippen LogP contribution < -0.4 is 0 Å². The summed E-state index contributed by atoms with van der Waals surface area (Å²) in [6.45, 7) is 4.63. The predicted molar refractivity (Wildman–Crippen MR) is 116 cm³/mol. The summed E-state index contributed by atoms with van der Waals surface area (Å²) < 4.78 is 2.62. The Morgan fingerprint density at radius 1 is 1.17 bits per heavy atom. The van der Waals surface area contributed by atoms with Gasteiger partial charge in [0.25, 0.3) is 5.91 Å². The van der Waals surface area contributed by atoms with Crippen LogP contribution in [0.5, 0.6) is 0 Å². The molecular formula is C22H24BrN5O2. The van der Waals surface area contributed by atoms with Crippen molar-refractivity contribution in [3.05, 3.63) is 63.6 Å². The number of benzene rings is 1. The predicted octanol–water partition coefficient (Wildman–Crippen LogP) is 2.43. The van der Waals surface area contributed by atoms with Gasteiger partial charge in [0.2, 0.25) is 5.78 Å². The van der Waals surface area contributed by atoms with Crippen molar-refractivity contribution in [2.24, 2.45) is 0 Å². The van der Waals surface area contributed by atoms with Crippen LogP contribution in [0.25, 0.3) is 5.78 Å². The van der Waals surface area contributed by atoms with Gasteiger partial charge in [0, 0.05) is 44.6 Å². The lowest BCUT2D eigenvalue weighted by atomic mass is 9.94. The highest BCUT2D eigenvalue weighted by molar-refractivity contribution is 9.10. The number of β-amino-alcohol motifs (C(OH)–C–C–N with tert-alkyl or cyclic N) is 1. The van der Waals surface area contributed by atoms with Gasteiger partial charge in [-0.3, -0.25) is 14.1 Å². The molecule has 0 spiro atoms. The van der Waals surface area contributed by atoms with Gasteiger partial charge in [-0.15, -0.1) is 0 Å². The van der Waals surface area contributed by atoms with E-state index in [0.29, 0.717) is 24.6 Å². The Hall–Kier alpha value is -2.29. The topological polar surface area (TPSA) is 74.0 Å². The molecule has 0 aliphatic carbocycles. The maximum Gasteiger partial charge on any atom is 0.274 e. The molecule has 30 heavy (non-hydrogen) atoms. The number of hydrogen-bond donors (Lipinski definition) is 1. The monoisotopic (exact) mass is 469 g/mol. The molecule has 0 unspecified atom stereocenters. The molecule has 0 radical (unpaired) electrons. The van der Waals surface area contributed by atoms with E-state index in [1.54, 1.807) is 15.5 Å². The number of aromatic nitrogens is 3. The smallest absolute Gasteiger partial charge is 0.274 e. The Labute approximate surface area is 183 Å². The van der Waals surface area contributed by atoms with Crippen molar-refractivity contribution in [1.82, 2.24) is 24.2 Å². The molecule has 1 saturated heterocycles. The average molecular weight is 470 g/mol. The van der Waals surface area contributed by atoms with Gasteiger partial charge in [-0.1, -0.05) is 24.3 Å². The Kier molecular flexibility index (Phi) is 5.08. The third kappa shape index (κ3) is 3.53. The molecule has 1 fully saturated rings. The number of aryl methyl sites for hydroxylation is 1. The quantitative estimate of drug-likeness (QED) is 0.623. The van der Waals surface area contributed by atoms with Crippen LogP contribution in [0.4, 0.5) is 0 Å². The largest absolute Gasteiger partial charge is 0.390 e. The fourth-order valence-electron chi connectivity index (χ4n) is 4.58. The van der Waals surface area contributed by atoms with Crippen LogP contribution >= 0.6 is 15.9 Å². The first-order valence-electron chi connectivity index (χ1n) is 10.3. The van der Waals surface area contributed by atoms with Crippen LogP contribution in [-0.4, -0.2) is 67.0 Å². The average Bonchev–Trinajstić information content (AvgIpc) is 3.15. The number of rotatable bonds is 2. The van der Waals surface area contributed by atoms with Gasteiger partial charge in [-0.2, -0.15) is 0 Å². The maximum atomic E-state index is 13.0. The number of halogens is 1. The van der Waals surface area contributed by atoms with E-state index in [1.165, 1.54) is 11.1 Å². The first kappa shape index (κ1) is 19.7. The molecule has 5 rings (SSSR count). The summed E-state index contributed by atoms with van der Waals surface area (Å²) in [6, 6.07) is 8.59. The molecule has 2 atom stereocenters. The molecule has 2 aliphatic heterocycles. The molecule has 2 aliphatic rings. The molecule has 0 bridgehead atoms. The first-order valence-corrected chi connectivity index (χ1v) is 11.1. The summed E-state index contributed by atoms with van der Waals surface area (Å²) in [5.74, 6) is 0.345. The third-order valence-corrected chi connectivity index (χ3v) is 7.04. The second-order valence-corrected chi connectivity index (χ2v) is 9.03. The molecule has 1 N–H and O–H groups in total. The number of carbonyl (C=O) groups is 1. The Morgan fingerprint density at radius 3 is 2.77 bits per heavy atom. The highest BCUT2D eigenvalue weighted by Gasteiger charge is 2.35. The minimum absolute atomic E-state index is 0.0729. The highest BCUT2D eigenvalue weighted by Crippen LogP contribution is 2.26. The van der Waals surface area contributed by atoms with Crippen LogP contribution in [0.1, 0.15) is 33.7 Å². The maximum absolute atomic E-state index is 13.0. The number of fused-ring (bicyclic) bond motifs is 2. The lowest BCUT2D eigenvalue weighted by Gasteiger charge is -2.43. The summed E-state index contributed by atoms with van der Waals surface area (Å²) in [6.07, 6.45) is 4.75. The van der Waals surface area contributed by atoms with Crippen molar-refractivity contribution in [3.63, 3.8) is 0 Å². The standard InChI is InChI=1S/C22H24BrN5O2/c1-14-17(23)11-28-12-18(25-22(28)24-14)21(30)27-9-7-19(20(29)13-27)26-8-6-15-4-2-3-5-16(15)10-26/h2-5,11-12,19-20,29H,6-10,13H2,1H3/t19-,20-/m0/s1. The highest BCUT2D eigenvalue weighted by atomic mass is 79.9. The van der Waals surface area contributed by atoms with Crippen molar-refractivity contribution in [1.29, 1.82) is 0 Å². The number of aliphatic hydroxyl groups excluding tert-OH is 1. The normalized spacial score (nSPS) is 22.3. The molecule has 3 aromatic rings. The van der Waals surface area contributed by atoms with Crippen LogP contribution in [0.3, 0.4) is 0 Å². The van der Waals surface area contributed by atoms with Crippen molar-refractivity contribution in [2.75, 3.05) is 19.6 Å². The summed E-state index contributed by atoms with van der Waals surface area (Å²) in [5.41, 5.74) is 3.93. The molecule has 7 nitrogen and oxygen atoms in total. The molecule has 1 amide bonds. The van der Waals surface area contributed by atoms with Gasteiger partial charge in [-0.05, 0) is 46.8 Å². The molecule has 4 heterocycles. The van der Waals surface area contributed by atoms with Gasteiger partial charge < -0.3 is 10.0 Å². The molecule has 8 heteroatoms. The summed E-state index contributed by atoms with van der Waals surface area (Å²) in [5, 5.41) is 10.9. The lowest BCUT2D eigenvalue weighted by molar-refractivity contribution is -0.0139. The fourth-order valence-corrected chi connectivity index (χ4v) is 4.89. The zero-order valence-electron chi connectivity index (χ0n) is 16.8. The van der Waals surface area contributed by atoms with E-state index < -0.39 is 6.10 Å². The van der Waals surface area contributed by atoms with Crippen LogP contribution in [-0.2, 0) is 13.0 Å². The zero-order chi connectivity index (χ0) is 20.8. The van der Waals surface area contributed by atoms with Gasteiger partial charge in [-0.25, -0.2) is 9.97 Å². The molecule has 2 aromatic heterocycles. The Balaban J connectivity index is 1.28. The van der Waals surface area contributed by atoms with E-state index in [4.69, 9.17) is 0 Å². The van der Waals surface area contributed by atoms with E-state index in [-0.39, 0.29) is 11.9 Å². The summed E-state index contributed by atoms with van der Waals surface area (Å²) >= 11 is 3.46. The summed E-state index contributed by atoms with van der Waals surface area (Å²) in [4.78, 5) is 25.9. The fraction of sp³-hybridized carbons (Fsp3) is 0.409. The van der Waals surface area contributed by atoms with Crippen molar-refractivity contribution >= 4 is 27.6 Å². The van der Waals surface area contributed by atoms with Gasteiger partial charge in [0.15, 0.2) is 0 Å². The number of carbonyl (C=O) groups excluding carboxylic acids is 1. The second kappa shape index (κ2) is 7.76. The molecule has 0 saturated carbocycles. The minimum Gasteiger partial charge on any atom is -0.390 e. The lowest BCUT2D eigenvalue weighted by Crippen LogP contribution is -2.56. The minimum atomic E-state index is -0.570. The Bertz CT molecular complexity index is 1080. The van der Waals surface area contributed by atoms with E-state index in [9.17, 15) is 9.90 Å². The number of imidazole rings is 1. The summed E-state index contributed by atoms with van der Waals surface area (Å²) in [7, 11) is 0. The van der Waals surface area contributed by atoms with E-state index >= 15 is 0 Å². The first-order chi connectivity index (χ1) is 14.5. The van der Waals surface area contributed by atoms with Crippen LogP contribution in [0.15, 0.2) is 41.1 Å². The molecule has 1 aromatic carbocycles. The van der Waals surface area contributed by atoms with Crippen molar-refractivity contribution < 1.29 is 9.90 Å². The van der Waals surface area contributed by atoms with Crippen LogP contribution in [0.2, 0.25) is 0 Å². The van der Waals surface area contributed by atoms with E-state index in [0.717, 1.165) is 36.1 Å². The number of piperidine rings is 1. The van der Waals surface area contributed by atoms with Gasteiger partial charge in [0.1, 0.15) is 5.69 Å². The number of hydrogen-bond acceptors (Lipinski definition) is 5. The van der Waals surface area contributed by atoms with Crippen molar-refractivity contribution in [2.45, 2.75) is 38.5 Å². The number of aliphatic hydroxyl groups is 1. The SMILES string of the molecule is Cc1nc2nc(C(=O)N3CC[C@H](N4CCc5ccccc5C4)[C@@H](O)C3)cn2cc1Br. The number of likely N-dealkylation sites (tertiary alicyclic amines) is 1. The van der Waals surface area contributed by atoms with Crippen LogP contribution in [0, 0.1) is 6.92 Å². The van der Waals surface area contributed by atoms with Crippen molar-refractivity contribution in [3.8, 4) is 0 Å². The van der Waals surface area contributed by atoms with E-state index in [1.807, 2.05) is 13.1 Å². The van der Waals surface area contributed by atoms with E-state index in [2.05, 4.69) is 55.1 Å². The second-order valence-electron chi connectivity index (χ2n) is 8.17. The molecular weight excluding hydrogens is 446 g/mol. The molecule has 156 valence electrons. The number of nitrogens with zero attached hydrogens (tertiary/aromatic N) is 5. The van der Waals surface area contributed by atoms with Gasteiger partial charge >= 0.3 is 0 Å². The Morgan fingerprint density at radius 2 is 1.97 bits per heavy atom.